The van der Waals surface area contributed by atoms with Gasteiger partial charge >= 0.3 is 0 Å². The van der Waals surface area contributed by atoms with E-state index in [1.54, 1.807) is 29.0 Å². The molecule has 2 aromatic carbocycles. The molecule has 1 aliphatic heterocycles. The summed E-state index contributed by atoms with van der Waals surface area (Å²) in [6.45, 7) is 2.19. The van der Waals surface area contributed by atoms with Crippen LogP contribution in [0.25, 0.3) is 16.6 Å². The van der Waals surface area contributed by atoms with Crippen molar-refractivity contribution in [3.05, 3.63) is 91.9 Å². The van der Waals surface area contributed by atoms with Crippen molar-refractivity contribution in [2.45, 2.75) is 26.0 Å². The lowest BCUT2D eigenvalue weighted by Gasteiger charge is -2.11. The maximum atomic E-state index is 12.8. The quantitative estimate of drug-likeness (QED) is 0.389. The number of nitrogens with zero attached hydrogens (tertiary/aromatic N) is 2. The number of aromatic nitrogens is 2. The van der Waals surface area contributed by atoms with Gasteiger partial charge in [-0.1, -0.05) is 35.3 Å². The van der Waals surface area contributed by atoms with Gasteiger partial charge in [0, 0.05) is 52.5 Å². The van der Waals surface area contributed by atoms with E-state index >= 15 is 0 Å². The first kappa shape index (κ1) is 23.7. The van der Waals surface area contributed by atoms with Crippen molar-refractivity contribution in [1.82, 2.24) is 14.5 Å². The molecule has 0 amide bonds. The Morgan fingerprint density at radius 2 is 1.94 bits per heavy atom. The number of nitrogens with one attached hydrogen (secondary N) is 1. The van der Waals surface area contributed by atoms with Crippen molar-refractivity contribution in [3.8, 4) is 11.4 Å². The van der Waals surface area contributed by atoms with Crippen LogP contribution in [0.4, 0.5) is 0 Å². The smallest absolute Gasteiger partial charge is 0.258 e. The van der Waals surface area contributed by atoms with Gasteiger partial charge < -0.3 is 14.6 Å². The van der Waals surface area contributed by atoms with Gasteiger partial charge in [0.25, 0.3) is 5.56 Å². The molecule has 0 unspecified atom stereocenters. The molecule has 0 fully saturated rings. The van der Waals surface area contributed by atoms with E-state index in [1.807, 2.05) is 12.1 Å². The summed E-state index contributed by atoms with van der Waals surface area (Å²) < 4.78 is 9.69. The normalized spacial score (nSPS) is 13.3. The number of rotatable bonds is 4. The van der Waals surface area contributed by atoms with Crippen molar-refractivity contribution in [1.29, 1.82) is 0 Å². The second-order valence-electron chi connectivity index (χ2n) is 8.06. The highest BCUT2D eigenvalue weighted by Crippen LogP contribution is 2.29. The molecule has 1 N–H and O–H groups in total. The summed E-state index contributed by atoms with van der Waals surface area (Å²) in [5, 5.41) is 5.86. The second kappa shape index (κ2) is 9.82. The summed E-state index contributed by atoms with van der Waals surface area (Å²) in [5.74, 6) is 0.495. The molecule has 172 valence electrons. The number of aryl methyl sites for hydroxylation is 1. The molecule has 0 bridgehead atoms. The zero-order valence-corrected chi connectivity index (χ0v) is 20.4. The number of halogens is 3. The molecule has 0 atom stereocenters. The lowest BCUT2D eigenvalue weighted by atomic mass is 10.1. The summed E-state index contributed by atoms with van der Waals surface area (Å²) in [6.07, 6.45) is 3.94. The molecule has 2 aromatic heterocycles. The highest BCUT2D eigenvalue weighted by molar-refractivity contribution is 6.35. The van der Waals surface area contributed by atoms with Crippen molar-refractivity contribution in [2.24, 2.45) is 7.05 Å². The number of fused-ring (bicyclic) bond motifs is 3. The Morgan fingerprint density at radius 3 is 2.73 bits per heavy atom. The van der Waals surface area contributed by atoms with Crippen molar-refractivity contribution in [3.63, 3.8) is 0 Å². The van der Waals surface area contributed by atoms with Crippen molar-refractivity contribution in [2.75, 3.05) is 6.54 Å². The SMILES string of the molecule is Cl.Cn1c2c(c3ccc(-n4ccc(OCc5ccc(Cl)cc5Cl)cc4=O)cc31)CNCCC2. The molecule has 4 aromatic rings. The monoisotopic (exact) mass is 503 g/mol. The maximum absolute atomic E-state index is 12.8. The molecule has 33 heavy (non-hydrogen) atoms. The maximum Gasteiger partial charge on any atom is 0.258 e. The Hall–Kier alpha value is -2.44. The third-order valence-corrected chi connectivity index (χ3v) is 6.66. The van der Waals surface area contributed by atoms with Gasteiger partial charge in [0.2, 0.25) is 0 Å². The van der Waals surface area contributed by atoms with Gasteiger partial charge in [0.05, 0.1) is 11.2 Å². The minimum atomic E-state index is -0.151. The predicted molar refractivity (Wildman–Crippen MR) is 137 cm³/mol. The molecular weight excluding hydrogens is 481 g/mol. The van der Waals surface area contributed by atoms with Gasteiger partial charge in [0.15, 0.2) is 0 Å². The number of ether oxygens (including phenoxy) is 1. The van der Waals surface area contributed by atoms with Crippen LogP contribution in [0.1, 0.15) is 23.2 Å². The average Bonchev–Trinajstić information content (AvgIpc) is 2.93. The van der Waals surface area contributed by atoms with E-state index < -0.39 is 0 Å². The first-order chi connectivity index (χ1) is 15.5. The van der Waals surface area contributed by atoms with E-state index in [0.29, 0.717) is 15.8 Å². The fourth-order valence-corrected chi connectivity index (χ4v) is 4.84. The highest BCUT2D eigenvalue weighted by atomic mass is 35.5. The fraction of sp³-hybridized carbons (Fsp3) is 0.240. The van der Waals surface area contributed by atoms with Crippen LogP contribution in [0.5, 0.6) is 5.75 Å². The summed E-state index contributed by atoms with van der Waals surface area (Å²) >= 11 is 12.1. The van der Waals surface area contributed by atoms with Crippen LogP contribution in [0.2, 0.25) is 10.0 Å². The highest BCUT2D eigenvalue weighted by Gasteiger charge is 2.17. The second-order valence-corrected chi connectivity index (χ2v) is 8.90. The Bertz CT molecular complexity index is 1380. The van der Waals surface area contributed by atoms with Crippen LogP contribution in [0, 0.1) is 0 Å². The van der Waals surface area contributed by atoms with E-state index in [4.69, 9.17) is 27.9 Å². The topological polar surface area (TPSA) is 48.2 Å². The van der Waals surface area contributed by atoms with Gasteiger partial charge in [-0.25, -0.2) is 0 Å². The molecule has 0 aliphatic carbocycles. The first-order valence-electron chi connectivity index (χ1n) is 10.6. The van der Waals surface area contributed by atoms with Crippen LogP contribution >= 0.6 is 35.6 Å². The lowest BCUT2D eigenvalue weighted by molar-refractivity contribution is 0.305. The summed E-state index contributed by atoms with van der Waals surface area (Å²) in [6, 6.07) is 14.8. The molecule has 8 heteroatoms. The molecule has 0 radical (unpaired) electrons. The van der Waals surface area contributed by atoms with Crippen molar-refractivity contribution >= 4 is 46.5 Å². The summed E-state index contributed by atoms with van der Waals surface area (Å²) in [5.41, 5.74) is 5.37. The number of hydrogen-bond donors (Lipinski definition) is 1. The third kappa shape index (κ3) is 4.64. The van der Waals surface area contributed by atoms with Gasteiger partial charge in [-0.3, -0.25) is 9.36 Å². The minimum absolute atomic E-state index is 0. The zero-order chi connectivity index (χ0) is 22.2. The lowest BCUT2D eigenvalue weighted by Crippen LogP contribution is -2.16. The molecule has 5 nitrogen and oxygen atoms in total. The summed E-state index contributed by atoms with van der Waals surface area (Å²) in [4.78, 5) is 12.8. The molecule has 0 spiro atoms. The third-order valence-electron chi connectivity index (χ3n) is 6.07. The predicted octanol–water partition coefficient (Wildman–Crippen LogP) is 5.67. The fourth-order valence-electron chi connectivity index (χ4n) is 4.38. The van der Waals surface area contributed by atoms with Gasteiger partial charge in [-0.15, -0.1) is 12.4 Å². The van der Waals surface area contributed by atoms with Crippen LogP contribution < -0.4 is 15.6 Å². The standard InChI is InChI=1S/C25H23Cl2N3O2.ClH/c1-29-23-3-2-9-28-14-21(23)20-7-6-18(12-24(20)29)30-10-8-19(13-25(30)31)32-15-16-4-5-17(26)11-22(16)27;/h4-8,10-13,28H,2-3,9,14-15H2,1H3;1H. The molecule has 5 rings (SSSR count). The molecule has 0 saturated heterocycles. The Labute approximate surface area is 208 Å². The largest absolute Gasteiger partial charge is 0.489 e. The number of hydrogen-bond acceptors (Lipinski definition) is 3. The zero-order valence-electron chi connectivity index (χ0n) is 18.1. The molecule has 0 saturated carbocycles. The Kier molecular flexibility index (Phi) is 7.05. The minimum Gasteiger partial charge on any atom is -0.489 e. The van der Waals surface area contributed by atoms with Gasteiger partial charge in [-0.05, 0) is 55.3 Å². The average molecular weight is 505 g/mol. The van der Waals surface area contributed by atoms with Gasteiger partial charge in [-0.2, -0.15) is 0 Å². The summed E-state index contributed by atoms with van der Waals surface area (Å²) in [7, 11) is 2.11. The molecular formula is C25H24Cl3N3O2. The molecule has 3 heterocycles. The Morgan fingerprint density at radius 1 is 1.09 bits per heavy atom. The van der Waals surface area contributed by atoms with Crippen LogP contribution in [0.15, 0.2) is 59.5 Å². The van der Waals surface area contributed by atoms with Gasteiger partial charge in [0.1, 0.15) is 12.4 Å². The van der Waals surface area contributed by atoms with Crippen LogP contribution in [-0.2, 0) is 26.6 Å². The van der Waals surface area contributed by atoms with E-state index in [0.717, 1.165) is 42.7 Å². The number of pyridine rings is 1. The van der Waals surface area contributed by atoms with E-state index in [2.05, 4.69) is 29.1 Å². The van der Waals surface area contributed by atoms with E-state index in [1.165, 1.54) is 22.7 Å². The van der Waals surface area contributed by atoms with E-state index in [-0.39, 0.29) is 24.6 Å². The van der Waals surface area contributed by atoms with Crippen molar-refractivity contribution < 1.29 is 4.74 Å². The van der Waals surface area contributed by atoms with Crippen LogP contribution in [-0.4, -0.2) is 15.7 Å². The van der Waals surface area contributed by atoms with E-state index in [9.17, 15) is 4.79 Å². The Balaban J connectivity index is 0.00000259. The molecule has 1 aliphatic rings. The number of benzene rings is 2. The first-order valence-corrected chi connectivity index (χ1v) is 11.4. The van der Waals surface area contributed by atoms with Crippen LogP contribution in [0.3, 0.4) is 0 Å².